The molecule has 2 atom stereocenters. The number of benzene rings is 1. The lowest BCUT2D eigenvalue weighted by Crippen LogP contribution is -2.41. The molecule has 2 nitrogen and oxygen atoms in total. The Labute approximate surface area is 119 Å². The highest BCUT2D eigenvalue weighted by molar-refractivity contribution is 9.10. The van der Waals surface area contributed by atoms with Gasteiger partial charge in [-0.1, -0.05) is 35.0 Å². The monoisotopic (exact) mass is 310 g/mol. The Balaban J connectivity index is 2.09. The van der Waals surface area contributed by atoms with E-state index in [2.05, 4.69) is 52.9 Å². The molecule has 2 rings (SSSR count). The number of halogens is 1. The molecule has 2 N–H and O–H groups in total. The fourth-order valence-corrected chi connectivity index (χ4v) is 3.26. The molecule has 2 unspecified atom stereocenters. The average Bonchev–Trinajstić information content (AvgIpc) is 2.37. The van der Waals surface area contributed by atoms with Crippen molar-refractivity contribution in [2.24, 2.45) is 11.7 Å². The highest BCUT2D eigenvalue weighted by Gasteiger charge is 2.24. The lowest BCUT2D eigenvalue weighted by Gasteiger charge is -2.38. The number of nitrogens with zero attached hydrogens (tertiary/aromatic N) is 1. The van der Waals surface area contributed by atoms with Crippen molar-refractivity contribution < 1.29 is 0 Å². The van der Waals surface area contributed by atoms with Crippen molar-refractivity contribution in [3.63, 3.8) is 0 Å². The van der Waals surface area contributed by atoms with Gasteiger partial charge in [0.05, 0.1) is 0 Å². The van der Waals surface area contributed by atoms with E-state index in [0.29, 0.717) is 12.6 Å². The zero-order valence-electron chi connectivity index (χ0n) is 11.3. The van der Waals surface area contributed by atoms with Crippen molar-refractivity contribution in [2.75, 3.05) is 6.54 Å². The topological polar surface area (TPSA) is 29.3 Å². The first-order valence-electron chi connectivity index (χ1n) is 6.83. The first-order chi connectivity index (χ1) is 8.61. The number of likely N-dealkylation sites (tertiary alicyclic amines) is 1. The molecule has 1 aromatic carbocycles. The van der Waals surface area contributed by atoms with Crippen LogP contribution in [0.2, 0.25) is 0 Å². The van der Waals surface area contributed by atoms with E-state index in [1.54, 1.807) is 0 Å². The van der Waals surface area contributed by atoms with Crippen molar-refractivity contribution in [2.45, 2.75) is 45.8 Å². The Hall–Kier alpha value is -0.380. The van der Waals surface area contributed by atoms with Crippen molar-refractivity contribution in [3.05, 3.63) is 33.8 Å². The van der Waals surface area contributed by atoms with Crippen LogP contribution in [0.15, 0.2) is 22.7 Å². The predicted molar refractivity (Wildman–Crippen MR) is 80.3 cm³/mol. The van der Waals surface area contributed by atoms with Gasteiger partial charge in [-0.05, 0) is 49.4 Å². The maximum absolute atomic E-state index is 5.66. The highest BCUT2D eigenvalue weighted by atomic mass is 79.9. The van der Waals surface area contributed by atoms with Gasteiger partial charge >= 0.3 is 0 Å². The van der Waals surface area contributed by atoms with Gasteiger partial charge in [-0.2, -0.15) is 0 Å². The van der Waals surface area contributed by atoms with Crippen LogP contribution in [-0.2, 0) is 13.1 Å². The summed E-state index contributed by atoms with van der Waals surface area (Å²) in [6.07, 6.45) is 2.69. The number of hydrogen-bond acceptors (Lipinski definition) is 2. The minimum atomic E-state index is 0.607. The van der Waals surface area contributed by atoms with Gasteiger partial charge < -0.3 is 5.73 Å². The lowest BCUT2D eigenvalue weighted by molar-refractivity contribution is 0.106. The zero-order valence-corrected chi connectivity index (χ0v) is 12.9. The third-order valence-corrected chi connectivity index (χ3v) is 4.97. The van der Waals surface area contributed by atoms with Crippen LogP contribution < -0.4 is 5.73 Å². The van der Waals surface area contributed by atoms with Gasteiger partial charge in [0.25, 0.3) is 0 Å². The molecule has 0 radical (unpaired) electrons. The Morgan fingerprint density at radius 1 is 1.39 bits per heavy atom. The lowest BCUT2D eigenvalue weighted by atomic mass is 9.91. The molecule has 3 heteroatoms. The fourth-order valence-electron chi connectivity index (χ4n) is 2.71. The Kier molecular flexibility index (Phi) is 4.82. The third-order valence-electron chi connectivity index (χ3n) is 4.23. The smallest absolute Gasteiger partial charge is 0.0247 e. The molecule has 1 aromatic rings. The summed E-state index contributed by atoms with van der Waals surface area (Å²) in [5, 5.41) is 0. The maximum atomic E-state index is 5.66. The molecule has 0 bridgehead atoms. The molecule has 1 fully saturated rings. The van der Waals surface area contributed by atoms with Crippen LogP contribution in [0.25, 0.3) is 0 Å². The second kappa shape index (κ2) is 6.18. The standard InChI is InChI=1S/C15H23BrN2/c1-11-4-3-7-18(12(11)2)10-14-6-5-13(9-17)8-15(14)16/h5-6,8,11-12H,3-4,7,9-10,17H2,1-2H3. The van der Waals surface area contributed by atoms with E-state index in [9.17, 15) is 0 Å². The first-order valence-corrected chi connectivity index (χ1v) is 7.62. The molecule has 0 spiro atoms. The van der Waals surface area contributed by atoms with Crippen LogP contribution in [0.3, 0.4) is 0 Å². The van der Waals surface area contributed by atoms with Gasteiger partial charge in [0.15, 0.2) is 0 Å². The maximum Gasteiger partial charge on any atom is 0.0247 e. The van der Waals surface area contributed by atoms with Crippen molar-refractivity contribution >= 4 is 15.9 Å². The van der Waals surface area contributed by atoms with Crippen LogP contribution in [0, 0.1) is 5.92 Å². The van der Waals surface area contributed by atoms with Crippen LogP contribution in [-0.4, -0.2) is 17.5 Å². The summed E-state index contributed by atoms with van der Waals surface area (Å²) in [5.74, 6) is 0.806. The van der Waals surface area contributed by atoms with Gasteiger partial charge in [0, 0.05) is 23.6 Å². The molecule has 100 valence electrons. The molecule has 18 heavy (non-hydrogen) atoms. The van der Waals surface area contributed by atoms with Crippen LogP contribution in [0.1, 0.15) is 37.8 Å². The van der Waals surface area contributed by atoms with Crippen LogP contribution in [0.5, 0.6) is 0 Å². The molecule has 0 saturated carbocycles. The quantitative estimate of drug-likeness (QED) is 0.925. The van der Waals surface area contributed by atoms with Crippen LogP contribution >= 0.6 is 15.9 Å². The summed E-state index contributed by atoms with van der Waals surface area (Å²) in [5.41, 5.74) is 8.22. The minimum Gasteiger partial charge on any atom is -0.326 e. The SMILES string of the molecule is CC1CCCN(Cc2ccc(CN)cc2Br)C1C. The van der Waals surface area contributed by atoms with Crippen molar-refractivity contribution in [1.82, 2.24) is 4.90 Å². The fraction of sp³-hybridized carbons (Fsp3) is 0.600. The summed E-state index contributed by atoms with van der Waals surface area (Å²) in [6.45, 7) is 7.58. The molecular formula is C15H23BrN2. The number of piperidine rings is 1. The zero-order chi connectivity index (χ0) is 13.1. The summed E-state index contributed by atoms with van der Waals surface area (Å²) in [4.78, 5) is 2.59. The molecule has 1 aliphatic heterocycles. The molecule has 0 aromatic heterocycles. The normalized spacial score (nSPS) is 25.3. The largest absolute Gasteiger partial charge is 0.326 e. The van der Waals surface area contributed by atoms with Gasteiger partial charge in [0.1, 0.15) is 0 Å². The number of nitrogens with two attached hydrogens (primary N) is 1. The minimum absolute atomic E-state index is 0.607. The summed E-state index contributed by atoms with van der Waals surface area (Å²) in [7, 11) is 0. The summed E-state index contributed by atoms with van der Waals surface area (Å²) >= 11 is 3.67. The van der Waals surface area contributed by atoms with E-state index >= 15 is 0 Å². The van der Waals surface area contributed by atoms with E-state index in [1.807, 2.05) is 0 Å². The summed E-state index contributed by atoms with van der Waals surface area (Å²) < 4.78 is 1.19. The van der Waals surface area contributed by atoms with E-state index in [1.165, 1.54) is 35.0 Å². The van der Waals surface area contributed by atoms with E-state index < -0.39 is 0 Å². The second-order valence-electron chi connectivity index (χ2n) is 5.46. The van der Waals surface area contributed by atoms with E-state index in [0.717, 1.165) is 12.5 Å². The van der Waals surface area contributed by atoms with Crippen molar-refractivity contribution in [3.8, 4) is 0 Å². The molecule has 0 amide bonds. The van der Waals surface area contributed by atoms with Gasteiger partial charge in [0.2, 0.25) is 0 Å². The number of rotatable bonds is 3. The molecule has 1 heterocycles. The highest BCUT2D eigenvalue weighted by Crippen LogP contribution is 2.27. The average molecular weight is 311 g/mol. The van der Waals surface area contributed by atoms with Crippen LogP contribution in [0.4, 0.5) is 0 Å². The van der Waals surface area contributed by atoms with Gasteiger partial charge in [-0.25, -0.2) is 0 Å². The predicted octanol–water partition coefficient (Wildman–Crippen LogP) is 3.53. The molecular weight excluding hydrogens is 288 g/mol. The first kappa shape index (κ1) is 14.0. The Morgan fingerprint density at radius 2 is 2.17 bits per heavy atom. The third kappa shape index (κ3) is 3.14. The Bertz CT molecular complexity index is 405. The molecule has 1 aliphatic rings. The molecule has 0 aliphatic carbocycles. The summed E-state index contributed by atoms with van der Waals surface area (Å²) in [6, 6.07) is 7.17. The second-order valence-corrected chi connectivity index (χ2v) is 6.31. The van der Waals surface area contributed by atoms with E-state index in [4.69, 9.17) is 5.73 Å². The Morgan fingerprint density at radius 3 is 2.83 bits per heavy atom. The van der Waals surface area contributed by atoms with Gasteiger partial charge in [-0.15, -0.1) is 0 Å². The van der Waals surface area contributed by atoms with Crippen molar-refractivity contribution in [1.29, 1.82) is 0 Å². The number of hydrogen-bond donors (Lipinski definition) is 1. The van der Waals surface area contributed by atoms with E-state index in [-0.39, 0.29) is 0 Å². The molecule has 1 saturated heterocycles. The van der Waals surface area contributed by atoms with Gasteiger partial charge in [-0.3, -0.25) is 4.90 Å².